The van der Waals surface area contributed by atoms with E-state index in [-0.39, 0.29) is 0 Å². The van der Waals surface area contributed by atoms with Gasteiger partial charge in [0.2, 0.25) is 0 Å². The molecule has 0 radical (unpaired) electrons. The Morgan fingerprint density at radius 2 is 2.31 bits per heavy atom. The number of nitrogens with one attached hydrogen (secondary N) is 1. The van der Waals surface area contributed by atoms with Crippen LogP contribution in [-0.2, 0) is 17.8 Å². The Balaban J connectivity index is 2.22. The molecule has 0 fully saturated rings. The molecule has 1 rings (SSSR count). The Kier molecular flexibility index (Phi) is 6.07. The standard InChI is InChI=1S/C11H22N4O/c1-14(2)5-6-15-9-11(13-10-15)8-12-4-7-16-3/h9-10,12H,4-8H2,1-3H3. The van der Waals surface area contributed by atoms with E-state index in [1.54, 1.807) is 7.11 Å². The lowest BCUT2D eigenvalue weighted by Crippen LogP contribution is -2.19. The predicted octanol–water partition coefficient (Wildman–Crippen LogP) is 0.181. The van der Waals surface area contributed by atoms with Gasteiger partial charge in [0.1, 0.15) is 0 Å². The SMILES string of the molecule is COCCNCc1cn(CCN(C)C)cn1. The van der Waals surface area contributed by atoms with Crippen molar-refractivity contribution in [1.29, 1.82) is 0 Å². The van der Waals surface area contributed by atoms with Crippen LogP contribution in [0.3, 0.4) is 0 Å². The molecule has 16 heavy (non-hydrogen) atoms. The molecule has 0 unspecified atom stereocenters. The van der Waals surface area contributed by atoms with Crippen molar-refractivity contribution < 1.29 is 4.74 Å². The summed E-state index contributed by atoms with van der Waals surface area (Å²) in [5, 5.41) is 3.27. The molecule has 1 aromatic heterocycles. The van der Waals surface area contributed by atoms with Crippen molar-refractivity contribution in [2.24, 2.45) is 0 Å². The van der Waals surface area contributed by atoms with Gasteiger partial charge in [0.25, 0.3) is 0 Å². The van der Waals surface area contributed by atoms with E-state index >= 15 is 0 Å². The number of methoxy groups -OCH3 is 1. The van der Waals surface area contributed by atoms with Crippen LogP contribution in [0.5, 0.6) is 0 Å². The van der Waals surface area contributed by atoms with Gasteiger partial charge in [0.15, 0.2) is 0 Å². The monoisotopic (exact) mass is 226 g/mol. The molecule has 1 aromatic rings. The first-order valence-electron chi connectivity index (χ1n) is 5.57. The molecular formula is C11H22N4O. The molecule has 0 aliphatic carbocycles. The van der Waals surface area contributed by atoms with Crippen molar-refractivity contribution in [3.8, 4) is 0 Å². The van der Waals surface area contributed by atoms with Crippen LogP contribution >= 0.6 is 0 Å². The second-order valence-electron chi connectivity index (χ2n) is 4.08. The van der Waals surface area contributed by atoms with Crippen molar-refractivity contribution in [3.63, 3.8) is 0 Å². The summed E-state index contributed by atoms with van der Waals surface area (Å²) in [7, 11) is 5.85. The first-order valence-corrected chi connectivity index (χ1v) is 5.57. The lowest BCUT2D eigenvalue weighted by molar-refractivity contribution is 0.199. The average Bonchev–Trinajstić information content (AvgIpc) is 2.70. The number of hydrogen-bond acceptors (Lipinski definition) is 4. The summed E-state index contributed by atoms with van der Waals surface area (Å²) in [5.41, 5.74) is 1.08. The largest absolute Gasteiger partial charge is 0.383 e. The van der Waals surface area contributed by atoms with Gasteiger partial charge in [-0.15, -0.1) is 0 Å². The summed E-state index contributed by atoms with van der Waals surface area (Å²) >= 11 is 0. The van der Waals surface area contributed by atoms with Gasteiger partial charge < -0.3 is 19.5 Å². The highest BCUT2D eigenvalue weighted by Gasteiger charge is 1.98. The number of imidazole rings is 1. The normalized spacial score (nSPS) is 11.2. The summed E-state index contributed by atoms with van der Waals surface area (Å²) in [6, 6.07) is 0. The number of aromatic nitrogens is 2. The fraction of sp³-hybridized carbons (Fsp3) is 0.727. The van der Waals surface area contributed by atoms with Crippen LogP contribution < -0.4 is 5.32 Å². The summed E-state index contributed by atoms with van der Waals surface area (Å²) in [6.45, 7) is 4.42. The van der Waals surface area contributed by atoms with Crippen LogP contribution in [-0.4, -0.2) is 55.4 Å². The van der Waals surface area contributed by atoms with E-state index in [1.165, 1.54) is 0 Å². The Labute approximate surface area is 97.4 Å². The highest BCUT2D eigenvalue weighted by Crippen LogP contribution is 1.96. The van der Waals surface area contributed by atoms with Gasteiger partial charge in [-0.1, -0.05) is 0 Å². The van der Waals surface area contributed by atoms with Crippen molar-refractivity contribution in [2.75, 3.05) is 40.9 Å². The molecule has 0 aliphatic heterocycles. The molecular weight excluding hydrogens is 204 g/mol. The first kappa shape index (κ1) is 13.2. The van der Waals surface area contributed by atoms with Crippen LogP contribution in [0.15, 0.2) is 12.5 Å². The van der Waals surface area contributed by atoms with Crippen LogP contribution in [0.4, 0.5) is 0 Å². The summed E-state index contributed by atoms with van der Waals surface area (Å²) < 4.78 is 7.07. The molecule has 0 aromatic carbocycles. The molecule has 92 valence electrons. The molecule has 5 nitrogen and oxygen atoms in total. The summed E-state index contributed by atoms with van der Waals surface area (Å²) in [4.78, 5) is 6.50. The zero-order chi connectivity index (χ0) is 11.8. The molecule has 0 saturated heterocycles. The number of nitrogens with zero attached hydrogens (tertiary/aromatic N) is 3. The molecule has 0 spiro atoms. The first-order chi connectivity index (χ1) is 7.72. The molecule has 0 amide bonds. The molecule has 0 aliphatic rings. The molecule has 1 N–H and O–H groups in total. The van der Waals surface area contributed by atoms with Crippen LogP contribution in [0.25, 0.3) is 0 Å². The third kappa shape index (κ3) is 5.25. The van der Waals surface area contributed by atoms with Crippen LogP contribution in [0, 0.1) is 0 Å². The maximum Gasteiger partial charge on any atom is 0.0950 e. The maximum absolute atomic E-state index is 4.96. The van der Waals surface area contributed by atoms with Gasteiger partial charge >= 0.3 is 0 Å². The Hall–Kier alpha value is -0.910. The van der Waals surface area contributed by atoms with E-state index in [9.17, 15) is 0 Å². The van der Waals surface area contributed by atoms with Crippen molar-refractivity contribution in [1.82, 2.24) is 19.8 Å². The van der Waals surface area contributed by atoms with E-state index in [1.807, 2.05) is 6.33 Å². The fourth-order valence-electron chi connectivity index (χ4n) is 1.33. The highest BCUT2D eigenvalue weighted by molar-refractivity contribution is 4.96. The van der Waals surface area contributed by atoms with Gasteiger partial charge in [-0.3, -0.25) is 0 Å². The van der Waals surface area contributed by atoms with E-state index in [0.717, 1.165) is 38.5 Å². The molecule has 1 heterocycles. The van der Waals surface area contributed by atoms with Crippen LogP contribution in [0.1, 0.15) is 5.69 Å². The second-order valence-corrected chi connectivity index (χ2v) is 4.08. The van der Waals surface area contributed by atoms with Crippen molar-refractivity contribution in [2.45, 2.75) is 13.1 Å². The Morgan fingerprint density at radius 1 is 1.50 bits per heavy atom. The molecule has 0 saturated carbocycles. The topological polar surface area (TPSA) is 42.3 Å². The number of hydrogen-bond donors (Lipinski definition) is 1. The maximum atomic E-state index is 4.96. The van der Waals surface area contributed by atoms with Gasteiger partial charge in [0.05, 0.1) is 18.6 Å². The average molecular weight is 226 g/mol. The van der Waals surface area contributed by atoms with Crippen molar-refractivity contribution >= 4 is 0 Å². The van der Waals surface area contributed by atoms with E-state index in [4.69, 9.17) is 4.74 Å². The second kappa shape index (κ2) is 7.38. The zero-order valence-electron chi connectivity index (χ0n) is 10.4. The van der Waals surface area contributed by atoms with E-state index in [0.29, 0.717) is 0 Å². The number of likely N-dealkylation sites (N-methyl/N-ethyl adjacent to an activating group) is 1. The third-order valence-corrected chi connectivity index (χ3v) is 2.28. The summed E-state index contributed by atoms with van der Waals surface area (Å²) in [5.74, 6) is 0. The summed E-state index contributed by atoms with van der Waals surface area (Å²) in [6.07, 6.45) is 3.97. The molecule has 0 atom stereocenters. The third-order valence-electron chi connectivity index (χ3n) is 2.28. The minimum absolute atomic E-state index is 0.737. The van der Waals surface area contributed by atoms with Gasteiger partial charge in [-0.05, 0) is 14.1 Å². The number of ether oxygens (including phenoxy) is 1. The van der Waals surface area contributed by atoms with E-state index in [2.05, 4.69) is 40.1 Å². The minimum Gasteiger partial charge on any atom is -0.383 e. The minimum atomic E-state index is 0.737. The fourth-order valence-corrected chi connectivity index (χ4v) is 1.33. The lowest BCUT2D eigenvalue weighted by Gasteiger charge is -2.08. The van der Waals surface area contributed by atoms with Crippen molar-refractivity contribution in [3.05, 3.63) is 18.2 Å². The zero-order valence-corrected chi connectivity index (χ0v) is 10.4. The van der Waals surface area contributed by atoms with E-state index < -0.39 is 0 Å². The lowest BCUT2D eigenvalue weighted by atomic mass is 10.4. The van der Waals surface area contributed by atoms with Crippen LogP contribution in [0.2, 0.25) is 0 Å². The smallest absolute Gasteiger partial charge is 0.0950 e. The Bertz CT molecular complexity index is 285. The van der Waals surface area contributed by atoms with Gasteiger partial charge in [-0.25, -0.2) is 4.98 Å². The Morgan fingerprint density at radius 3 is 3.00 bits per heavy atom. The van der Waals surface area contributed by atoms with Gasteiger partial charge in [-0.2, -0.15) is 0 Å². The number of rotatable bonds is 8. The molecule has 0 bridgehead atoms. The molecule has 5 heteroatoms. The quantitative estimate of drug-likeness (QED) is 0.642. The predicted molar refractivity (Wildman–Crippen MR) is 64.4 cm³/mol. The van der Waals surface area contributed by atoms with Gasteiger partial charge in [0, 0.05) is 39.5 Å². The highest BCUT2D eigenvalue weighted by atomic mass is 16.5.